The molecule has 0 aliphatic rings. The summed E-state index contributed by atoms with van der Waals surface area (Å²) in [6.45, 7) is 5.12. The molecule has 0 fully saturated rings. The highest BCUT2D eigenvalue weighted by Crippen LogP contribution is 2.30. The highest BCUT2D eigenvalue weighted by atomic mass is 79.9. The maximum Gasteiger partial charge on any atom is 0.112 e. The highest BCUT2D eigenvalue weighted by molar-refractivity contribution is 9.10. The second kappa shape index (κ2) is 5.82. The number of aromatic nitrogens is 2. The molecule has 1 aromatic carbocycles. The molecule has 4 heteroatoms. The monoisotopic (exact) mass is 341 g/mol. The van der Waals surface area contributed by atoms with Gasteiger partial charge in [0, 0.05) is 29.1 Å². The summed E-state index contributed by atoms with van der Waals surface area (Å²) in [5.74, 6) is 0. The van der Waals surface area contributed by atoms with E-state index in [9.17, 15) is 0 Å². The van der Waals surface area contributed by atoms with Gasteiger partial charge in [-0.2, -0.15) is 0 Å². The maximum atomic E-state index is 4.54. The Kier molecular flexibility index (Phi) is 3.88. The van der Waals surface area contributed by atoms with Crippen molar-refractivity contribution >= 4 is 38.3 Å². The van der Waals surface area contributed by atoms with Crippen molar-refractivity contribution in [1.29, 1.82) is 0 Å². The van der Waals surface area contributed by atoms with Crippen molar-refractivity contribution in [2.45, 2.75) is 13.8 Å². The lowest BCUT2D eigenvalue weighted by Crippen LogP contribution is -2.16. The molecule has 3 rings (SSSR count). The van der Waals surface area contributed by atoms with Gasteiger partial charge in [0.25, 0.3) is 0 Å². The van der Waals surface area contributed by atoms with Crippen LogP contribution in [-0.4, -0.2) is 16.5 Å². The molecule has 0 N–H and O–H groups in total. The fourth-order valence-electron chi connectivity index (χ4n) is 2.43. The van der Waals surface area contributed by atoms with E-state index in [2.05, 4.69) is 68.9 Å². The van der Waals surface area contributed by atoms with Crippen LogP contribution >= 0.6 is 15.9 Å². The number of benzene rings is 1. The van der Waals surface area contributed by atoms with Gasteiger partial charge in [-0.1, -0.05) is 17.7 Å². The molecule has 0 radical (unpaired) electrons. The zero-order valence-electron chi connectivity index (χ0n) is 12.0. The Hall–Kier alpha value is -1.94. The first-order valence-corrected chi connectivity index (χ1v) is 7.73. The van der Waals surface area contributed by atoms with Gasteiger partial charge in [-0.3, -0.25) is 9.97 Å². The first-order valence-electron chi connectivity index (χ1n) is 6.93. The third-order valence-electron chi connectivity index (χ3n) is 3.48. The van der Waals surface area contributed by atoms with Gasteiger partial charge in [0.2, 0.25) is 0 Å². The van der Waals surface area contributed by atoms with E-state index >= 15 is 0 Å². The fraction of sp³-hybridized carbons (Fsp3) is 0.176. The minimum absolute atomic E-state index is 0.875. The number of hydrogen-bond acceptors (Lipinski definition) is 3. The molecule has 0 aliphatic carbocycles. The molecule has 106 valence electrons. The molecule has 0 bridgehead atoms. The van der Waals surface area contributed by atoms with Gasteiger partial charge < -0.3 is 4.90 Å². The molecule has 2 aromatic heterocycles. The largest absolute Gasteiger partial charge is 0.340 e. The first kappa shape index (κ1) is 14.0. The Balaban J connectivity index is 2.15. The van der Waals surface area contributed by atoms with Gasteiger partial charge in [-0.15, -0.1) is 0 Å². The van der Waals surface area contributed by atoms with E-state index in [-0.39, 0.29) is 0 Å². The molecule has 3 nitrogen and oxygen atoms in total. The van der Waals surface area contributed by atoms with Crippen LogP contribution in [0.5, 0.6) is 0 Å². The molecule has 21 heavy (non-hydrogen) atoms. The third kappa shape index (κ3) is 2.76. The summed E-state index contributed by atoms with van der Waals surface area (Å²) in [5, 5.41) is 0. The van der Waals surface area contributed by atoms with Crippen LogP contribution < -0.4 is 4.90 Å². The minimum Gasteiger partial charge on any atom is -0.340 e. The van der Waals surface area contributed by atoms with Crippen molar-refractivity contribution in [2.75, 3.05) is 11.4 Å². The van der Waals surface area contributed by atoms with Gasteiger partial charge in [0.05, 0.1) is 11.2 Å². The summed E-state index contributed by atoms with van der Waals surface area (Å²) in [5.41, 5.74) is 5.33. The van der Waals surface area contributed by atoms with Crippen LogP contribution in [-0.2, 0) is 0 Å². The van der Waals surface area contributed by atoms with E-state index in [4.69, 9.17) is 0 Å². The Morgan fingerprint density at radius 3 is 2.57 bits per heavy atom. The van der Waals surface area contributed by atoms with Crippen molar-refractivity contribution < 1.29 is 0 Å². The lowest BCUT2D eigenvalue weighted by atomic mass is 10.2. The molecule has 0 unspecified atom stereocenters. The molecule has 0 aliphatic heterocycles. The van der Waals surface area contributed by atoms with Crippen LogP contribution in [0.4, 0.5) is 11.4 Å². The Morgan fingerprint density at radius 1 is 1.10 bits per heavy atom. The number of halogens is 1. The van der Waals surface area contributed by atoms with Gasteiger partial charge in [0.15, 0.2) is 0 Å². The summed E-state index contributed by atoms with van der Waals surface area (Å²) in [6, 6.07) is 12.6. The molecule has 2 heterocycles. The average Bonchev–Trinajstić information content (AvgIpc) is 2.49. The van der Waals surface area contributed by atoms with Crippen molar-refractivity contribution in [3.63, 3.8) is 0 Å². The van der Waals surface area contributed by atoms with E-state index in [1.54, 1.807) is 0 Å². The highest BCUT2D eigenvalue weighted by Gasteiger charge is 2.12. The second-order valence-electron chi connectivity index (χ2n) is 4.93. The zero-order valence-corrected chi connectivity index (χ0v) is 13.6. The average molecular weight is 342 g/mol. The van der Waals surface area contributed by atoms with E-state index in [1.807, 2.05) is 24.5 Å². The number of fused-ring (bicyclic) bond motifs is 1. The Labute approximate surface area is 132 Å². The normalized spacial score (nSPS) is 10.8. The quantitative estimate of drug-likeness (QED) is 0.681. The van der Waals surface area contributed by atoms with E-state index < -0.39 is 0 Å². The molecule has 0 atom stereocenters. The van der Waals surface area contributed by atoms with Gasteiger partial charge in [-0.25, -0.2) is 0 Å². The number of nitrogens with zero attached hydrogens (tertiary/aromatic N) is 3. The van der Waals surface area contributed by atoms with Crippen LogP contribution in [0.15, 0.2) is 53.3 Å². The summed E-state index contributed by atoms with van der Waals surface area (Å²) in [4.78, 5) is 11.2. The van der Waals surface area contributed by atoms with Gasteiger partial charge in [-0.05, 0) is 54.0 Å². The van der Waals surface area contributed by atoms with Crippen molar-refractivity contribution in [3.05, 3.63) is 58.8 Å². The number of pyridine rings is 2. The van der Waals surface area contributed by atoms with Crippen LogP contribution in [0.1, 0.15) is 12.5 Å². The standard InChI is InChI=1S/C17H16BrN3/c1-3-21(14-6-4-12(2)5-7-14)16-8-9-19-15-10-13(18)11-20-17(15)16/h4-11H,3H2,1-2H3. The predicted octanol–water partition coefficient (Wildman–Crippen LogP) is 4.86. The van der Waals surface area contributed by atoms with Crippen molar-refractivity contribution in [3.8, 4) is 0 Å². The van der Waals surface area contributed by atoms with Crippen molar-refractivity contribution in [1.82, 2.24) is 9.97 Å². The van der Waals surface area contributed by atoms with E-state index in [0.717, 1.165) is 27.7 Å². The number of aryl methyl sites for hydroxylation is 1. The number of hydrogen-bond donors (Lipinski definition) is 0. The Morgan fingerprint density at radius 2 is 1.86 bits per heavy atom. The lowest BCUT2D eigenvalue weighted by molar-refractivity contribution is 1.02. The van der Waals surface area contributed by atoms with Crippen LogP contribution in [0.2, 0.25) is 0 Å². The molecular weight excluding hydrogens is 326 g/mol. The molecule has 3 aromatic rings. The van der Waals surface area contributed by atoms with E-state index in [1.165, 1.54) is 11.3 Å². The molecule has 0 amide bonds. The molecule has 0 saturated heterocycles. The SMILES string of the molecule is CCN(c1ccc(C)cc1)c1ccnc2cc(Br)cnc12. The lowest BCUT2D eigenvalue weighted by Gasteiger charge is -2.24. The van der Waals surface area contributed by atoms with Gasteiger partial charge >= 0.3 is 0 Å². The zero-order chi connectivity index (χ0) is 14.8. The summed E-state index contributed by atoms with van der Waals surface area (Å²) in [7, 11) is 0. The maximum absolute atomic E-state index is 4.54. The Bertz CT molecular complexity index is 769. The summed E-state index contributed by atoms with van der Waals surface area (Å²) < 4.78 is 0.943. The third-order valence-corrected chi connectivity index (χ3v) is 3.91. The smallest absolute Gasteiger partial charge is 0.112 e. The second-order valence-corrected chi connectivity index (χ2v) is 5.85. The molecule has 0 spiro atoms. The molecule has 0 saturated carbocycles. The van der Waals surface area contributed by atoms with Crippen LogP contribution in [0, 0.1) is 6.92 Å². The minimum atomic E-state index is 0.875. The fourth-order valence-corrected chi connectivity index (χ4v) is 2.75. The van der Waals surface area contributed by atoms with Crippen LogP contribution in [0.3, 0.4) is 0 Å². The summed E-state index contributed by atoms with van der Waals surface area (Å²) >= 11 is 3.45. The topological polar surface area (TPSA) is 29.0 Å². The summed E-state index contributed by atoms with van der Waals surface area (Å²) in [6.07, 6.45) is 3.65. The number of anilines is 2. The van der Waals surface area contributed by atoms with Crippen LogP contribution in [0.25, 0.3) is 11.0 Å². The first-order chi connectivity index (χ1) is 10.2. The van der Waals surface area contributed by atoms with E-state index in [0.29, 0.717) is 0 Å². The molecular formula is C17H16BrN3. The van der Waals surface area contributed by atoms with Crippen molar-refractivity contribution in [2.24, 2.45) is 0 Å². The van der Waals surface area contributed by atoms with Gasteiger partial charge in [0.1, 0.15) is 5.52 Å². The predicted molar refractivity (Wildman–Crippen MR) is 91.1 cm³/mol. The number of rotatable bonds is 3.